The maximum atomic E-state index is 13.2. The monoisotopic (exact) mass is 347 g/mol. The molecule has 0 bridgehead atoms. The van der Waals surface area contributed by atoms with Gasteiger partial charge >= 0.3 is 0 Å². The first kappa shape index (κ1) is 18.7. The maximum absolute atomic E-state index is 13.2. The molecule has 0 fully saturated rings. The Hall–Kier alpha value is -2.63. The van der Waals surface area contributed by atoms with Crippen LogP contribution in [0.1, 0.15) is 18.1 Å². The summed E-state index contributed by atoms with van der Waals surface area (Å²) in [5.74, 6) is 0.322. The van der Waals surface area contributed by atoms with Crippen LogP contribution in [0.4, 0.5) is 8.78 Å². The van der Waals surface area contributed by atoms with Crippen LogP contribution in [0.15, 0.2) is 47.5 Å². The molecule has 0 aliphatic heterocycles. The minimum Gasteiger partial charge on any atom is -0.497 e. The molecule has 2 rings (SSSR count). The average Bonchev–Trinajstić information content (AvgIpc) is 2.59. The van der Waals surface area contributed by atoms with Crippen molar-refractivity contribution in [3.8, 4) is 5.75 Å². The molecule has 0 aromatic heterocycles. The molecule has 0 spiro atoms. The molecule has 0 saturated carbocycles. The van der Waals surface area contributed by atoms with Crippen molar-refractivity contribution in [3.05, 3.63) is 65.2 Å². The molecule has 4 nitrogen and oxygen atoms in total. The van der Waals surface area contributed by atoms with E-state index in [0.29, 0.717) is 31.0 Å². The highest BCUT2D eigenvalue weighted by Gasteiger charge is 2.02. The van der Waals surface area contributed by atoms with Crippen LogP contribution in [0.5, 0.6) is 5.75 Å². The quantitative estimate of drug-likeness (QED) is 0.597. The Bertz CT molecular complexity index is 699. The molecule has 0 aliphatic rings. The lowest BCUT2D eigenvalue weighted by Crippen LogP contribution is -2.38. The molecule has 0 amide bonds. The fraction of sp³-hybridized carbons (Fsp3) is 0.316. The third-order valence-electron chi connectivity index (χ3n) is 3.53. The van der Waals surface area contributed by atoms with E-state index in [-0.39, 0.29) is 0 Å². The lowest BCUT2D eigenvalue weighted by molar-refractivity contribution is 0.414. The Balaban J connectivity index is 1.92. The van der Waals surface area contributed by atoms with Gasteiger partial charge in [0.15, 0.2) is 5.96 Å². The lowest BCUT2D eigenvalue weighted by atomic mass is 10.1. The SMILES string of the molecule is CCNC(=NCc1cccc(OC)c1)NCCc1cc(F)cc(F)c1. The van der Waals surface area contributed by atoms with Gasteiger partial charge in [0.1, 0.15) is 17.4 Å². The van der Waals surface area contributed by atoms with Gasteiger partial charge in [0.2, 0.25) is 0 Å². The molecule has 6 heteroatoms. The molecule has 0 aliphatic carbocycles. The van der Waals surface area contributed by atoms with Gasteiger partial charge in [0.25, 0.3) is 0 Å². The van der Waals surface area contributed by atoms with Crippen molar-refractivity contribution in [1.29, 1.82) is 0 Å². The summed E-state index contributed by atoms with van der Waals surface area (Å²) in [7, 11) is 1.63. The summed E-state index contributed by atoms with van der Waals surface area (Å²) < 4.78 is 31.6. The minimum absolute atomic E-state index is 0.498. The van der Waals surface area contributed by atoms with Crippen molar-refractivity contribution in [1.82, 2.24) is 10.6 Å². The highest BCUT2D eigenvalue weighted by atomic mass is 19.1. The predicted octanol–water partition coefficient (Wildman–Crippen LogP) is 3.27. The van der Waals surface area contributed by atoms with E-state index in [0.717, 1.165) is 23.9 Å². The molecular weight excluding hydrogens is 324 g/mol. The molecule has 0 heterocycles. The maximum Gasteiger partial charge on any atom is 0.191 e. The van der Waals surface area contributed by atoms with Crippen LogP contribution in [-0.2, 0) is 13.0 Å². The van der Waals surface area contributed by atoms with Gasteiger partial charge in [-0.1, -0.05) is 12.1 Å². The third kappa shape index (κ3) is 6.41. The van der Waals surface area contributed by atoms with Crippen molar-refractivity contribution in [3.63, 3.8) is 0 Å². The van der Waals surface area contributed by atoms with E-state index in [2.05, 4.69) is 15.6 Å². The average molecular weight is 347 g/mol. The molecule has 134 valence electrons. The number of methoxy groups -OCH3 is 1. The van der Waals surface area contributed by atoms with Crippen LogP contribution in [0.25, 0.3) is 0 Å². The normalized spacial score (nSPS) is 11.3. The Labute approximate surface area is 146 Å². The van der Waals surface area contributed by atoms with Gasteiger partial charge in [-0.25, -0.2) is 13.8 Å². The van der Waals surface area contributed by atoms with Crippen molar-refractivity contribution < 1.29 is 13.5 Å². The number of rotatable bonds is 7. The van der Waals surface area contributed by atoms with Gasteiger partial charge in [-0.3, -0.25) is 0 Å². The largest absolute Gasteiger partial charge is 0.497 e. The Morgan fingerprint density at radius 3 is 2.48 bits per heavy atom. The molecule has 0 atom stereocenters. The van der Waals surface area contributed by atoms with Gasteiger partial charge in [0, 0.05) is 19.2 Å². The molecule has 0 saturated heterocycles. The molecule has 0 unspecified atom stereocenters. The second-order valence-corrected chi connectivity index (χ2v) is 5.50. The molecular formula is C19H23F2N3O. The first-order valence-electron chi connectivity index (χ1n) is 8.20. The second kappa shape index (κ2) is 9.61. The van der Waals surface area contributed by atoms with Crippen molar-refractivity contribution in [2.75, 3.05) is 20.2 Å². The summed E-state index contributed by atoms with van der Waals surface area (Å²) in [5, 5.41) is 6.32. The van der Waals surface area contributed by atoms with Crippen LogP contribution in [-0.4, -0.2) is 26.2 Å². The van der Waals surface area contributed by atoms with Crippen molar-refractivity contribution >= 4 is 5.96 Å². The van der Waals surface area contributed by atoms with Crippen LogP contribution in [0, 0.1) is 11.6 Å². The molecule has 0 radical (unpaired) electrons. The summed E-state index contributed by atoms with van der Waals surface area (Å²) in [4.78, 5) is 4.52. The number of aliphatic imine (C=N–C) groups is 1. The fourth-order valence-corrected chi connectivity index (χ4v) is 2.36. The number of guanidine groups is 1. The van der Waals surface area contributed by atoms with Crippen LogP contribution in [0.3, 0.4) is 0 Å². The van der Waals surface area contributed by atoms with Crippen molar-refractivity contribution in [2.45, 2.75) is 19.9 Å². The minimum atomic E-state index is -0.561. The number of benzene rings is 2. The van der Waals surface area contributed by atoms with E-state index in [9.17, 15) is 8.78 Å². The second-order valence-electron chi connectivity index (χ2n) is 5.50. The Morgan fingerprint density at radius 2 is 1.80 bits per heavy atom. The van der Waals surface area contributed by atoms with Gasteiger partial charge in [-0.2, -0.15) is 0 Å². The summed E-state index contributed by atoms with van der Waals surface area (Å²) in [6.07, 6.45) is 0.498. The van der Waals surface area contributed by atoms with Gasteiger partial charge < -0.3 is 15.4 Å². The lowest BCUT2D eigenvalue weighted by Gasteiger charge is -2.11. The number of hydrogen-bond donors (Lipinski definition) is 2. The van der Waals surface area contributed by atoms with Gasteiger partial charge in [-0.05, 0) is 48.7 Å². The predicted molar refractivity (Wildman–Crippen MR) is 95.9 cm³/mol. The first-order valence-corrected chi connectivity index (χ1v) is 8.20. The molecule has 25 heavy (non-hydrogen) atoms. The standard InChI is InChI=1S/C19H23F2N3O/c1-3-22-19(24-13-15-5-4-6-18(11-15)25-2)23-8-7-14-9-16(20)12-17(21)10-14/h4-6,9-12H,3,7-8,13H2,1-2H3,(H2,22,23,24). The van der Waals surface area contributed by atoms with E-state index in [4.69, 9.17) is 4.74 Å². The van der Waals surface area contributed by atoms with Crippen LogP contribution in [0.2, 0.25) is 0 Å². The number of nitrogens with one attached hydrogen (secondary N) is 2. The Kier molecular flexibility index (Phi) is 7.19. The zero-order valence-electron chi connectivity index (χ0n) is 14.5. The van der Waals surface area contributed by atoms with Crippen LogP contribution < -0.4 is 15.4 Å². The molecule has 2 aromatic rings. The summed E-state index contributed by atoms with van der Waals surface area (Å²) in [6.45, 7) is 3.72. The number of nitrogens with zero attached hydrogens (tertiary/aromatic N) is 1. The highest BCUT2D eigenvalue weighted by Crippen LogP contribution is 2.13. The van der Waals surface area contributed by atoms with Gasteiger partial charge in [-0.15, -0.1) is 0 Å². The van der Waals surface area contributed by atoms with E-state index in [1.54, 1.807) is 7.11 Å². The van der Waals surface area contributed by atoms with Crippen LogP contribution >= 0.6 is 0 Å². The van der Waals surface area contributed by atoms with E-state index < -0.39 is 11.6 Å². The first-order chi connectivity index (χ1) is 12.1. The zero-order chi connectivity index (χ0) is 18.1. The van der Waals surface area contributed by atoms with Gasteiger partial charge in [0.05, 0.1) is 13.7 Å². The molecule has 2 N–H and O–H groups in total. The van der Waals surface area contributed by atoms with E-state index >= 15 is 0 Å². The zero-order valence-corrected chi connectivity index (χ0v) is 14.5. The number of hydrogen-bond acceptors (Lipinski definition) is 2. The van der Waals surface area contributed by atoms with E-state index in [1.807, 2.05) is 31.2 Å². The smallest absolute Gasteiger partial charge is 0.191 e. The highest BCUT2D eigenvalue weighted by molar-refractivity contribution is 5.79. The third-order valence-corrected chi connectivity index (χ3v) is 3.53. The topological polar surface area (TPSA) is 45.7 Å². The van der Waals surface area contributed by atoms with E-state index in [1.165, 1.54) is 12.1 Å². The fourth-order valence-electron chi connectivity index (χ4n) is 2.36. The number of ether oxygens (including phenoxy) is 1. The number of halogens is 2. The van der Waals surface area contributed by atoms with Crippen molar-refractivity contribution in [2.24, 2.45) is 4.99 Å². The Morgan fingerprint density at radius 1 is 1.04 bits per heavy atom. The summed E-state index contributed by atoms with van der Waals surface area (Å²) >= 11 is 0. The summed E-state index contributed by atoms with van der Waals surface area (Å²) in [6, 6.07) is 11.3. The molecule has 2 aromatic carbocycles. The summed E-state index contributed by atoms with van der Waals surface area (Å²) in [5.41, 5.74) is 1.64.